The van der Waals surface area contributed by atoms with Gasteiger partial charge in [-0.3, -0.25) is 9.00 Å². The number of methoxy groups -OCH3 is 1. The summed E-state index contributed by atoms with van der Waals surface area (Å²) in [5.74, 6) is -0.698. The molecule has 0 N–H and O–H groups in total. The smallest absolute Gasteiger partial charge is 0.320 e. The minimum atomic E-state index is -2.36. The lowest BCUT2D eigenvalue weighted by molar-refractivity contribution is -0.140. The van der Waals surface area contributed by atoms with E-state index in [-0.39, 0.29) is 6.42 Å². The predicted molar refractivity (Wildman–Crippen MR) is 35.0 cm³/mol. The zero-order valence-electron chi connectivity index (χ0n) is 5.83. The summed E-state index contributed by atoms with van der Waals surface area (Å²) >= 11 is -2.36. The van der Waals surface area contributed by atoms with Crippen LogP contribution in [0.4, 0.5) is 0 Å². The molecule has 0 aliphatic heterocycles. The molecule has 0 heterocycles. The van der Waals surface area contributed by atoms with Gasteiger partial charge in [-0.15, -0.1) is 0 Å². The maximum atomic E-state index is 10.6. The number of hydrogen-bond donors (Lipinski definition) is 0. The molecular formula is C5H9O4S-. The molecule has 0 aromatic heterocycles. The van der Waals surface area contributed by atoms with Gasteiger partial charge in [0.2, 0.25) is 0 Å². The predicted octanol–water partition coefficient (Wildman–Crippen LogP) is -0.183. The van der Waals surface area contributed by atoms with Crippen LogP contribution < -0.4 is 0 Å². The lowest BCUT2D eigenvalue weighted by Gasteiger charge is -2.14. The van der Waals surface area contributed by atoms with Gasteiger partial charge in [0, 0.05) is 0 Å². The van der Waals surface area contributed by atoms with Gasteiger partial charge in [-0.05, 0) is 17.5 Å². The second-order valence-corrected chi connectivity index (χ2v) is 2.77. The van der Waals surface area contributed by atoms with Crippen molar-refractivity contribution in [2.24, 2.45) is 0 Å². The first kappa shape index (κ1) is 9.58. The summed E-state index contributed by atoms with van der Waals surface area (Å²) in [4.78, 5) is 10.6. The number of esters is 1. The molecule has 4 nitrogen and oxygen atoms in total. The second-order valence-electron chi connectivity index (χ2n) is 1.68. The van der Waals surface area contributed by atoms with Crippen molar-refractivity contribution >= 4 is 17.0 Å². The average molecular weight is 165 g/mol. The van der Waals surface area contributed by atoms with Gasteiger partial charge in [0.25, 0.3) is 0 Å². The molecule has 0 aliphatic carbocycles. The van der Waals surface area contributed by atoms with Crippen LogP contribution in [0.2, 0.25) is 0 Å². The summed E-state index contributed by atoms with van der Waals surface area (Å²) in [6.45, 7) is 1.61. The molecule has 0 spiro atoms. The fourth-order valence-electron chi connectivity index (χ4n) is 0.513. The van der Waals surface area contributed by atoms with Crippen LogP contribution in [-0.4, -0.2) is 27.1 Å². The fraction of sp³-hybridized carbons (Fsp3) is 0.800. The Labute approximate surface area is 61.9 Å². The van der Waals surface area contributed by atoms with Crippen LogP contribution in [0.3, 0.4) is 0 Å². The highest BCUT2D eigenvalue weighted by atomic mass is 32.2. The van der Waals surface area contributed by atoms with Crippen molar-refractivity contribution in [2.45, 2.75) is 18.6 Å². The van der Waals surface area contributed by atoms with Crippen LogP contribution in [0.25, 0.3) is 0 Å². The van der Waals surface area contributed by atoms with Crippen LogP contribution in [0.15, 0.2) is 0 Å². The average Bonchev–Trinajstić information content (AvgIpc) is 1.88. The van der Waals surface area contributed by atoms with Crippen molar-refractivity contribution in [3.63, 3.8) is 0 Å². The van der Waals surface area contributed by atoms with Gasteiger partial charge >= 0.3 is 5.97 Å². The van der Waals surface area contributed by atoms with E-state index in [1.165, 1.54) is 0 Å². The quantitative estimate of drug-likeness (QED) is 0.429. The molecule has 0 aromatic carbocycles. The van der Waals surface area contributed by atoms with Gasteiger partial charge in [-0.25, -0.2) is 0 Å². The summed E-state index contributed by atoms with van der Waals surface area (Å²) in [5, 5.41) is -1.01. The lowest BCUT2D eigenvalue weighted by atomic mass is 10.3. The maximum absolute atomic E-state index is 10.6. The molecule has 2 unspecified atom stereocenters. The van der Waals surface area contributed by atoms with E-state index in [1.807, 2.05) is 0 Å². The van der Waals surface area contributed by atoms with Crippen molar-refractivity contribution in [1.82, 2.24) is 0 Å². The van der Waals surface area contributed by atoms with Gasteiger partial charge in [0.1, 0.15) is 5.25 Å². The van der Waals surface area contributed by atoms with E-state index >= 15 is 0 Å². The van der Waals surface area contributed by atoms with E-state index in [1.54, 1.807) is 6.92 Å². The van der Waals surface area contributed by atoms with E-state index in [4.69, 9.17) is 0 Å². The Balaban J connectivity index is 4.06. The topological polar surface area (TPSA) is 66.4 Å². The number of hydrogen-bond acceptors (Lipinski definition) is 4. The Morgan fingerprint density at radius 2 is 2.30 bits per heavy atom. The highest BCUT2D eigenvalue weighted by Crippen LogP contribution is 2.00. The molecule has 5 heteroatoms. The first-order valence-corrected chi connectivity index (χ1v) is 3.93. The Morgan fingerprint density at radius 3 is 2.40 bits per heavy atom. The van der Waals surface area contributed by atoms with E-state index in [0.717, 1.165) is 7.11 Å². The molecule has 2 atom stereocenters. The first-order valence-electron chi connectivity index (χ1n) is 2.79. The van der Waals surface area contributed by atoms with E-state index < -0.39 is 22.3 Å². The maximum Gasteiger partial charge on any atom is 0.320 e. The third kappa shape index (κ3) is 2.45. The van der Waals surface area contributed by atoms with E-state index in [9.17, 15) is 13.6 Å². The number of carbonyl (C=O) groups is 1. The molecule has 0 saturated carbocycles. The molecule has 0 saturated heterocycles. The molecule has 0 bridgehead atoms. The SMILES string of the molecule is CCC(C(=O)OC)S(=O)[O-]. The van der Waals surface area contributed by atoms with Gasteiger partial charge in [0.15, 0.2) is 0 Å². The van der Waals surface area contributed by atoms with Gasteiger partial charge in [0.05, 0.1) is 7.11 Å². The van der Waals surface area contributed by atoms with Crippen LogP contribution in [0.5, 0.6) is 0 Å². The van der Waals surface area contributed by atoms with Crippen LogP contribution in [0.1, 0.15) is 13.3 Å². The summed E-state index contributed by atoms with van der Waals surface area (Å²) < 4.78 is 24.7. The molecule has 0 rings (SSSR count). The number of ether oxygens (including phenoxy) is 1. The largest absolute Gasteiger partial charge is 0.772 e. The van der Waals surface area contributed by atoms with Crippen molar-refractivity contribution < 1.29 is 18.3 Å². The summed E-state index contributed by atoms with van der Waals surface area (Å²) in [6.07, 6.45) is 0.253. The lowest BCUT2D eigenvalue weighted by Crippen LogP contribution is -2.25. The van der Waals surface area contributed by atoms with Crippen LogP contribution >= 0.6 is 0 Å². The standard InChI is InChI=1S/C5H10O4S/c1-3-4(10(7)8)5(6)9-2/h4H,3H2,1-2H3,(H,7,8)/p-1. The van der Waals surface area contributed by atoms with Crippen molar-refractivity contribution in [1.29, 1.82) is 0 Å². The minimum absolute atomic E-state index is 0.253. The highest BCUT2D eigenvalue weighted by Gasteiger charge is 2.16. The molecule has 0 aromatic rings. The Kier molecular flexibility index (Phi) is 4.22. The third-order valence-electron chi connectivity index (χ3n) is 1.07. The zero-order chi connectivity index (χ0) is 8.15. The van der Waals surface area contributed by atoms with Crippen molar-refractivity contribution in [3.8, 4) is 0 Å². The van der Waals surface area contributed by atoms with E-state index in [0.29, 0.717) is 0 Å². The van der Waals surface area contributed by atoms with Crippen LogP contribution in [-0.2, 0) is 20.6 Å². The Hall–Kier alpha value is -0.420. The molecule has 0 fully saturated rings. The van der Waals surface area contributed by atoms with Gasteiger partial charge in [-0.2, -0.15) is 0 Å². The van der Waals surface area contributed by atoms with Gasteiger partial charge in [-0.1, -0.05) is 6.92 Å². The highest BCUT2D eigenvalue weighted by molar-refractivity contribution is 7.80. The molecule has 0 radical (unpaired) electrons. The first-order chi connectivity index (χ1) is 4.63. The van der Waals surface area contributed by atoms with E-state index in [2.05, 4.69) is 4.74 Å². The summed E-state index contributed by atoms with van der Waals surface area (Å²) in [7, 11) is 1.16. The molecular weight excluding hydrogens is 156 g/mol. The molecule has 60 valence electrons. The molecule has 0 aliphatic rings. The summed E-state index contributed by atoms with van der Waals surface area (Å²) in [5.41, 5.74) is 0. The Morgan fingerprint density at radius 1 is 1.80 bits per heavy atom. The Bertz CT molecular complexity index is 145. The van der Waals surface area contributed by atoms with Crippen LogP contribution in [0, 0.1) is 0 Å². The third-order valence-corrected chi connectivity index (χ3v) is 2.06. The number of carbonyl (C=O) groups excluding carboxylic acids is 1. The molecule has 10 heavy (non-hydrogen) atoms. The molecule has 0 amide bonds. The fourth-order valence-corrected chi connectivity index (χ4v) is 1.04. The number of rotatable bonds is 3. The monoisotopic (exact) mass is 165 g/mol. The second kappa shape index (κ2) is 4.40. The van der Waals surface area contributed by atoms with Crippen molar-refractivity contribution in [2.75, 3.05) is 7.11 Å². The van der Waals surface area contributed by atoms with Crippen molar-refractivity contribution in [3.05, 3.63) is 0 Å². The zero-order valence-corrected chi connectivity index (χ0v) is 6.64. The normalized spacial score (nSPS) is 15.9. The summed E-state index contributed by atoms with van der Waals surface area (Å²) in [6, 6.07) is 0. The minimum Gasteiger partial charge on any atom is -0.772 e. The van der Waals surface area contributed by atoms with Gasteiger partial charge < -0.3 is 9.29 Å².